The molecule has 2 aliphatic rings. The van der Waals surface area contributed by atoms with Gasteiger partial charge in [0.15, 0.2) is 0 Å². The van der Waals surface area contributed by atoms with E-state index in [1.807, 2.05) is 24.3 Å². The lowest BCUT2D eigenvalue weighted by Crippen LogP contribution is -2.40. The van der Waals surface area contributed by atoms with Gasteiger partial charge in [0.05, 0.1) is 0 Å². The highest BCUT2D eigenvalue weighted by atomic mass is 16.3. The van der Waals surface area contributed by atoms with Gasteiger partial charge in [-0.15, -0.1) is 0 Å². The smallest absolute Gasteiger partial charge is 0.112 e. The largest absolute Gasteiger partial charge is 0.508 e. The molecule has 0 heterocycles. The SMILES string of the molecule is CC1=CC=CC(O)=CC1(C)CNC1CCC(Cc2ccc(N)cc2)CC1. The molecule has 0 saturated heterocycles. The van der Waals surface area contributed by atoms with Crippen LogP contribution in [0.3, 0.4) is 0 Å². The molecule has 1 atom stereocenters. The van der Waals surface area contributed by atoms with E-state index in [2.05, 4.69) is 37.4 Å². The second-order valence-corrected chi connectivity index (χ2v) is 8.24. The van der Waals surface area contributed by atoms with Crippen LogP contribution in [0.1, 0.15) is 45.1 Å². The summed E-state index contributed by atoms with van der Waals surface area (Å²) in [5, 5.41) is 13.7. The van der Waals surface area contributed by atoms with E-state index in [4.69, 9.17) is 5.73 Å². The molecule has 1 aromatic carbocycles. The maximum atomic E-state index is 9.98. The number of nitrogens with one attached hydrogen (secondary N) is 1. The molecule has 1 unspecified atom stereocenters. The first kappa shape index (κ1) is 18.8. The van der Waals surface area contributed by atoms with Crippen LogP contribution in [-0.2, 0) is 6.42 Å². The van der Waals surface area contributed by atoms with E-state index in [0.717, 1.165) is 24.6 Å². The molecule has 0 spiro atoms. The number of anilines is 1. The van der Waals surface area contributed by atoms with E-state index in [1.165, 1.54) is 36.8 Å². The average molecular weight is 353 g/mol. The molecule has 4 N–H and O–H groups in total. The maximum Gasteiger partial charge on any atom is 0.112 e. The average Bonchev–Trinajstić information content (AvgIpc) is 2.75. The Morgan fingerprint density at radius 3 is 2.54 bits per heavy atom. The van der Waals surface area contributed by atoms with Crippen molar-refractivity contribution in [1.82, 2.24) is 5.32 Å². The zero-order valence-electron chi connectivity index (χ0n) is 16.0. The van der Waals surface area contributed by atoms with E-state index in [0.29, 0.717) is 11.8 Å². The van der Waals surface area contributed by atoms with E-state index >= 15 is 0 Å². The molecule has 3 rings (SSSR count). The summed E-state index contributed by atoms with van der Waals surface area (Å²) in [6.45, 7) is 5.21. The first-order valence-corrected chi connectivity index (χ1v) is 9.80. The van der Waals surface area contributed by atoms with E-state index in [1.54, 1.807) is 6.08 Å². The Bertz CT molecular complexity index is 693. The second kappa shape index (κ2) is 8.13. The molecule has 1 fully saturated rings. The van der Waals surface area contributed by atoms with Gasteiger partial charge in [0.1, 0.15) is 5.76 Å². The normalized spacial score (nSPS) is 29.0. The van der Waals surface area contributed by atoms with Crippen LogP contribution in [0.4, 0.5) is 5.69 Å². The van der Waals surface area contributed by atoms with E-state index in [-0.39, 0.29) is 5.41 Å². The highest BCUT2D eigenvalue weighted by Gasteiger charge is 2.28. The van der Waals surface area contributed by atoms with Crippen molar-refractivity contribution in [3.8, 4) is 0 Å². The molecule has 0 radical (unpaired) electrons. The number of allylic oxidation sites excluding steroid dienone is 3. The summed E-state index contributed by atoms with van der Waals surface area (Å²) >= 11 is 0. The van der Waals surface area contributed by atoms with Gasteiger partial charge in [0, 0.05) is 23.7 Å². The predicted molar refractivity (Wildman–Crippen MR) is 110 cm³/mol. The van der Waals surface area contributed by atoms with Gasteiger partial charge in [-0.2, -0.15) is 0 Å². The van der Waals surface area contributed by atoms with Crippen LogP contribution < -0.4 is 11.1 Å². The lowest BCUT2D eigenvalue weighted by Gasteiger charge is -2.34. The third kappa shape index (κ3) is 4.79. The highest BCUT2D eigenvalue weighted by Crippen LogP contribution is 2.32. The highest BCUT2D eigenvalue weighted by molar-refractivity contribution is 5.39. The Morgan fingerprint density at radius 2 is 1.85 bits per heavy atom. The minimum atomic E-state index is -0.131. The van der Waals surface area contributed by atoms with Crippen LogP contribution in [0.5, 0.6) is 0 Å². The fourth-order valence-electron chi connectivity index (χ4n) is 4.07. The summed E-state index contributed by atoms with van der Waals surface area (Å²) in [6, 6.07) is 8.91. The van der Waals surface area contributed by atoms with Crippen LogP contribution in [-0.4, -0.2) is 17.7 Å². The summed E-state index contributed by atoms with van der Waals surface area (Å²) in [4.78, 5) is 0. The van der Waals surface area contributed by atoms with Crippen molar-refractivity contribution < 1.29 is 5.11 Å². The summed E-state index contributed by atoms with van der Waals surface area (Å²) in [5.74, 6) is 1.13. The number of benzene rings is 1. The number of rotatable bonds is 5. The summed E-state index contributed by atoms with van der Waals surface area (Å²) < 4.78 is 0. The third-order valence-electron chi connectivity index (χ3n) is 6.09. The molecule has 1 aromatic rings. The molecule has 1 saturated carbocycles. The second-order valence-electron chi connectivity index (χ2n) is 8.24. The van der Waals surface area contributed by atoms with Gasteiger partial charge in [0.25, 0.3) is 0 Å². The zero-order valence-corrected chi connectivity index (χ0v) is 16.0. The summed E-state index contributed by atoms with van der Waals surface area (Å²) in [7, 11) is 0. The lowest BCUT2D eigenvalue weighted by atomic mass is 9.80. The van der Waals surface area contributed by atoms with Crippen LogP contribution in [0, 0.1) is 11.3 Å². The molecule has 0 aliphatic heterocycles. The lowest BCUT2D eigenvalue weighted by molar-refractivity contribution is 0.274. The van der Waals surface area contributed by atoms with Crippen molar-refractivity contribution in [1.29, 1.82) is 0 Å². The van der Waals surface area contributed by atoms with Crippen molar-refractivity contribution in [2.75, 3.05) is 12.3 Å². The first-order chi connectivity index (χ1) is 12.4. The van der Waals surface area contributed by atoms with Crippen LogP contribution >= 0.6 is 0 Å². The van der Waals surface area contributed by atoms with Crippen molar-refractivity contribution in [3.63, 3.8) is 0 Å². The Labute approximate surface area is 157 Å². The number of hydrogen-bond acceptors (Lipinski definition) is 3. The molecular weight excluding hydrogens is 320 g/mol. The van der Waals surface area contributed by atoms with E-state index < -0.39 is 0 Å². The zero-order chi connectivity index (χ0) is 18.6. The third-order valence-corrected chi connectivity index (χ3v) is 6.09. The monoisotopic (exact) mass is 352 g/mol. The number of hydrogen-bond donors (Lipinski definition) is 3. The van der Waals surface area contributed by atoms with Crippen molar-refractivity contribution >= 4 is 5.69 Å². The van der Waals surface area contributed by atoms with Gasteiger partial charge in [-0.3, -0.25) is 0 Å². The van der Waals surface area contributed by atoms with E-state index in [9.17, 15) is 5.11 Å². The Hall–Kier alpha value is -2.00. The van der Waals surface area contributed by atoms with Gasteiger partial charge >= 0.3 is 0 Å². The van der Waals surface area contributed by atoms with Gasteiger partial charge in [0.2, 0.25) is 0 Å². The molecule has 3 nitrogen and oxygen atoms in total. The minimum Gasteiger partial charge on any atom is -0.508 e. The standard InChI is InChI=1S/C23H32N2O/c1-17-4-3-5-22(26)15-23(17,2)16-25-21-12-8-19(9-13-21)14-18-6-10-20(24)11-7-18/h3-7,10-11,15,19,21,25-26H,8-9,12-14,16,24H2,1-2H3. The number of nitrogens with two attached hydrogens (primary N) is 1. The molecule has 0 aromatic heterocycles. The van der Waals surface area contributed by atoms with Crippen molar-refractivity contribution in [3.05, 3.63) is 65.5 Å². The Balaban J connectivity index is 1.48. The fraction of sp³-hybridized carbons (Fsp3) is 0.478. The molecule has 26 heavy (non-hydrogen) atoms. The Morgan fingerprint density at radius 1 is 1.15 bits per heavy atom. The number of aliphatic hydroxyl groups is 1. The predicted octanol–water partition coefficient (Wildman–Crippen LogP) is 4.92. The Kier molecular flexibility index (Phi) is 5.87. The topological polar surface area (TPSA) is 58.3 Å². The van der Waals surface area contributed by atoms with Crippen LogP contribution in [0.2, 0.25) is 0 Å². The molecule has 140 valence electrons. The summed E-state index contributed by atoms with van der Waals surface area (Å²) in [6.07, 6.45) is 13.9. The van der Waals surface area contributed by atoms with Crippen LogP contribution in [0.25, 0.3) is 0 Å². The molecule has 0 bridgehead atoms. The minimum absolute atomic E-state index is 0.131. The summed E-state index contributed by atoms with van der Waals surface area (Å²) in [5.41, 5.74) is 9.16. The van der Waals surface area contributed by atoms with Gasteiger partial charge < -0.3 is 16.2 Å². The maximum absolute atomic E-state index is 9.98. The number of nitrogen functional groups attached to an aromatic ring is 1. The van der Waals surface area contributed by atoms with Gasteiger partial charge in [-0.1, -0.05) is 36.8 Å². The molecular formula is C23H32N2O. The molecule has 0 amide bonds. The molecule has 2 aliphatic carbocycles. The fourth-order valence-corrected chi connectivity index (χ4v) is 4.07. The quantitative estimate of drug-likeness (QED) is 0.659. The van der Waals surface area contributed by atoms with Gasteiger partial charge in [-0.25, -0.2) is 0 Å². The van der Waals surface area contributed by atoms with Gasteiger partial charge in [-0.05, 0) is 74.8 Å². The van der Waals surface area contributed by atoms with Crippen LogP contribution in [0.15, 0.2) is 59.9 Å². The van der Waals surface area contributed by atoms with Crippen molar-refractivity contribution in [2.24, 2.45) is 11.3 Å². The first-order valence-electron chi connectivity index (χ1n) is 9.80. The number of aliphatic hydroxyl groups excluding tert-OH is 1. The van der Waals surface area contributed by atoms with Crippen molar-refractivity contribution in [2.45, 2.75) is 52.0 Å². The molecule has 3 heteroatoms.